The number of benzene rings is 2. The van der Waals surface area contributed by atoms with Gasteiger partial charge in [0, 0.05) is 29.4 Å². The Labute approximate surface area is 199 Å². The highest BCUT2D eigenvalue weighted by molar-refractivity contribution is 5.98. The van der Waals surface area contributed by atoms with Crippen LogP contribution in [0.3, 0.4) is 0 Å². The molecule has 2 aliphatic heterocycles. The zero-order chi connectivity index (χ0) is 23.9. The molecule has 34 heavy (non-hydrogen) atoms. The lowest BCUT2D eigenvalue weighted by molar-refractivity contribution is -0.140. The summed E-state index contributed by atoms with van der Waals surface area (Å²) in [5.41, 5.74) is 1.28. The van der Waals surface area contributed by atoms with Gasteiger partial charge in [0.1, 0.15) is 11.5 Å². The molecule has 0 spiro atoms. The maximum atomic E-state index is 13.3. The van der Waals surface area contributed by atoms with Crippen LogP contribution >= 0.6 is 0 Å². The first-order valence-electron chi connectivity index (χ1n) is 11.5. The minimum Gasteiger partial charge on any atom is -0.507 e. The molecule has 2 aromatic rings. The lowest BCUT2D eigenvalue weighted by atomic mass is 9.64. The van der Waals surface area contributed by atoms with Gasteiger partial charge < -0.3 is 29.4 Å². The molecule has 7 heteroatoms. The molecule has 3 atom stereocenters. The predicted octanol–water partition coefficient (Wildman–Crippen LogP) is 4.73. The number of fused-ring (bicyclic) bond motifs is 2. The molecule has 2 aromatic carbocycles. The SMILES string of the molecule is COc1ccc(/C=C/C(O)=C2/C(=O)N[C@@]34CCCC[C@@H]3[C@H]2c2ccccc2O4)c(OC)c1OC. The highest BCUT2D eigenvalue weighted by atomic mass is 16.5. The van der Waals surface area contributed by atoms with E-state index in [4.69, 9.17) is 18.9 Å². The fourth-order valence-corrected chi connectivity index (χ4v) is 5.70. The van der Waals surface area contributed by atoms with Crippen LogP contribution in [0.1, 0.15) is 42.7 Å². The van der Waals surface area contributed by atoms with Gasteiger partial charge in [-0.05, 0) is 43.2 Å². The van der Waals surface area contributed by atoms with Crippen molar-refractivity contribution in [2.75, 3.05) is 21.3 Å². The van der Waals surface area contributed by atoms with Gasteiger partial charge in [0.05, 0.1) is 26.9 Å². The summed E-state index contributed by atoms with van der Waals surface area (Å²) in [4.78, 5) is 13.3. The Morgan fingerprint density at radius 2 is 1.88 bits per heavy atom. The van der Waals surface area contributed by atoms with Gasteiger partial charge in [-0.1, -0.05) is 24.6 Å². The van der Waals surface area contributed by atoms with Gasteiger partial charge in [-0.2, -0.15) is 0 Å². The molecule has 0 radical (unpaired) electrons. The van der Waals surface area contributed by atoms with Gasteiger partial charge in [-0.3, -0.25) is 4.79 Å². The minimum atomic E-state index is -0.714. The van der Waals surface area contributed by atoms with Crippen molar-refractivity contribution in [3.05, 3.63) is 64.9 Å². The van der Waals surface area contributed by atoms with Crippen LogP contribution in [0.5, 0.6) is 23.0 Å². The molecule has 2 fully saturated rings. The molecular weight excluding hydrogens is 434 g/mol. The van der Waals surface area contributed by atoms with E-state index >= 15 is 0 Å². The summed E-state index contributed by atoms with van der Waals surface area (Å²) in [6, 6.07) is 11.4. The van der Waals surface area contributed by atoms with Crippen molar-refractivity contribution in [1.29, 1.82) is 0 Å². The van der Waals surface area contributed by atoms with Gasteiger partial charge in [-0.15, -0.1) is 0 Å². The number of aliphatic hydroxyl groups excluding tert-OH is 1. The van der Waals surface area contributed by atoms with Crippen molar-refractivity contribution in [3.8, 4) is 23.0 Å². The second-order valence-electron chi connectivity index (χ2n) is 8.87. The van der Waals surface area contributed by atoms with Gasteiger partial charge in [0.2, 0.25) is 5.75 Å². The van der Waals surface area contributed by atoms with E-state index < -0.39 is 5.72 Å². The smallest absolute Gasteiger partial charge is 0.254 e. The highest BCUT2D eigenvalue weighted by Crippen LogP contribution is 2.55. The number of ether oxygens (including phenoxy) is 4. The van der Waals surface area contributed by atoms with E-state index in [1.165, 1.54) is 0 Å². The molecule has 1 amide bonds. The van der Waals surface area contributed by atoms with Gasteiger partial charge >= 0.3 is 0 Å². The summed E-state index contributed by atoms with van der Waals surface area (Å²) in [5.74, 6) is 1.70. The van der Waals surface area contributed by atoms with Crippen LogP contribution in [0.15, 0.2) is 53.8 Å². The number of piperidine rings is 1. The van der Waals surface area contributed by atoms with Crippen molar-refractivity contribution < 1.29 is 28.8 Å². The number of methoxy groups -OCH3 is 3. The van der Waals surface area contributed by atoms with E-state index in [1.54, 1.807) is 39.5 Å². The Bertz CT molecular complexity index is 1190. The molecule has 3 aliphatic rings. The summed E-state index contributed by atoms with van der Waals surface area (Å²) >= 11 is 0. The van der Waals surface area contributed by atoms with Crippen LogP contribution in [0, 0.1) is 5.92 Å². The molecule has 5 rings (SSSR count). The Hall–Kier alpha value is -3.61. The Morgan fingerprint density at radius 3 is 2.65 bits per heavy atom. The van der Waals surface area contributed by atoms with E-state index in [0.29, 0.717) is 28.4 Å². The van der Waals surface area contributed by atoms with Crippen molar-refractivity contribution >= 4 is 12.0 Å². The minimum absolute atomic E-state index is 0.0648. The first kappa shape index (κ1) is 22.2. The van der Waals surface area contributed by atoms with Gasteiger partial charge in [-0.25, -0.2) is 0 Å². The van der Waals surface area contributed by atoms with Crippen LogP contribution in [0.2, 0.25) is 0 Å². The number of aliphatic hydroxyl groups is 1. The Kier molecular flexibility index (Phi) is 5.63. The first-order valence-corrected chi connectivity index (χ1v) is 11.5. The highest BCUT2D eigenvalue weighted by Gasteiger charge is 2.57. The zero-order valence-electron chi connectivity index (χ0n) is 19.6. The van der Waals surface area contributed by atoms with Crippen LogP contribution in [-0.4, -0.2) is 38.1 Å². The van der Waals surface area contributed by atoms with Crippen LogP contribution in [0.4, 0.5) is 0 Å². The quantitative estimate of drug-likeness (QED) is 0.493. The average molecular weight is 464 g/mol. The number of carbonyl (C=O) groups is 1. The van der Waals surface area contributed by atoms with Crippen molar-refractivity contribution in [2.45, 2.75) is 37.3 Å². The number of hydrogen-bond donors (Lipinski definition) is 2. The fraction of sp³-hybridized carbons (Fsp3) is 0.370. The standard InChI is InChI=1S/C27H29NO6/c1-31-21-14-12-16(24(32-2)25(21)33-3)11-13-19(29)23-22-17-8-4-5-10-20(17)34-27(28-26(23)30)15-7-6-9-18(22)27/h4-5,8,10-14,18,22,29H,6-7,9,15H2,1-3H3,(H,28,30)/b13-11+,23-19-/t18-,22-,27-/m1/s1. The number of rotatable bonds is 5. The van der Waals surface area contributed by atoms with E-state index in [-0.39, 0.29) is 23.5 Å². The molecule has 0 aromatic heterocycles. The molecule has 1 saturated heterocycles. The molecular formula is C27H29NO6. The van der Waals surface area contributed by atoms with Crippen molar-refractivity contribution in [2.24, 2.45) is 5.92 Å². The zero-order valence-corrected chi connectivity index (χ0v) is 19.6. The average Bonchev–Trinajstić information content (AvgIpc) is 2.85. The second kappa shape index (κ2) is 8.63. The molecule has 178 valence electrons. The number of nitrogens with one attached hydrogen (secondary N) is 1. The fourth-order valence-electron chi connectivity index (χ4n) is 5.70. The molecule has 2 heterocycles. The van der Waals surface area contributed by atoms with Gasteiger partial charge in [0.15, 0.2) is 17.2 Å². The third-order valence-electron chi connectivity index (χ3n) is 7.17. The summed E-state index contributed by atoms with van der Waals surface area (Å²) in [6.45, 7) is 0. The molecule has 7 nitrogen and oxygen atoms in total. The van der Waals surface area contributed by atoms with E-state index in [1.807, 2.05) is 30.3 Å². The van der Waals surface area contributed by atoms with Crippen molar-refractivity contribution in [1.82, 2.24) is 5.32 Å². The largest absolute Gasteiger partial charge is 0.507 e. The topological polar surface area (TPSA) is 86.3 Å². The predicted molar refractivity (Wildman–Crippen MR) is 127 cm³/mol. The molecule has 1 saturated carbocycles. The van der Waals surface area contributed by atoms with Gasteiger partial charge in [0.25, 0.3) is 5.91 Å². The van der Waals surface area contributed by atoms with Crippen LogP contribution < -0.4 is 24.3 Å². The number of carbonyl (C=O) groups excluding carboxylic acids is 1. The van der Waals surface area contributed by atoms with E-state index in [9.17, 15) is 9.90 Å². The van der Waals surface area contributed by atoms with Crippen LogP contribution in [-0.2, 0) is 4.79 Å². The third kappa shape index (κ3) is 3.38. The van der Waals surface area contributed by atoms with E-state index in [2.05, 4.69) is 5.32 Å². The molecule has 1 aliphatic carbocycles. The first-order chi connectivity index (χ1) is 16.5. The normalized spacial score (nSPS) is 26.6. The van der Waals surface area contributed by atoms with Crippen molar-refractivity contribution in [3.63, 3.8) is 0 Å². The molecule has 2 bridgehead atoms. The monoisotopic (exact) mass is 463 g/mol. The summed E-state index contributed by atoms with van der Waals surface area (Å²) in [7, 11) is 4.64. The second-order valence-corrected chi connectivity index (χ2v) is 8.87. The van der Waals surface area contributed by atoms with E-state index in [0.717, 1.165) is 37.0 Å². The lowest BCUT2D eigenvalue weighted by Gasteiger charge is -2.54. The number of amides is 1. The number of hydrogen-bond acceptors (Lipinski definition) is 6. The maximum Gasteiger partial charge on any atom is 0.254 e. The summed E-state index contributed by atoms with van der Waals surface area (Å²) in [5, 5.41) is 14.3. The maximum absolute atomic E-state index is 13.3. The third-order valence-corrected chi connectivity index (χ3v) is 7.17. The lowest BCUT2D eigenvalue weighted by Crippen LogP contribution is -2.66. The summed E-state index contributed by atoms with van der Waals surface area (Å²) < 4.78 is 22.7. The molecule has 0 unspecified atom stereocenters. The van der Waals surface area contributed by atoms with Crippen LogP contribution in [0.25, 0.3) is 6.08 Å². The Morgan fingerprint density at radius 1 is 1.09 bits per heavy atom. The Balaban J connectivity index is 1.59. The number of allylic oxidation sites excluding steroid dienone is 1. The summed E-state index contributed by atoms with van der Waals surface area (Å²) in [6.07, 6.45) is 7.01. The number of para-hydroxylation sites is 1. The molecule has 2 N–H and O–H groups in total.